The number of hydrogen-bond acceptors (Lipinski definition) is 4. The van der Waals surface area contributed by atoms with E-state index in [1.165, 1.54) is 25.1 Å². The highest BCUT2D eigenvalue weighted by Gasteiger charge is 2.47. The van der Waals surface area contributed by atoms with E-state index in [1.807, 2.05) is 0 Å². The number of carbonyl (C=O) groups is 2. The van der Waals surface area contributed by atoms with Crippen molar-refractivity contribution in [3.05, 3.63) is 41.5 Å². The third-order valence-corrected chi connectivity index (χ3v) is 2.89. The van der Waals surface area contributed by atoms with Crippen LogP contribution in [0.2, 0.25) is 0 Å². The molecule has 0 spiro atoms. The third-order valence-electron chi connectivity index (χ3n) is 2.89. The second kappa shape index (κ2) is 3.82. The van der Waals surface area contributed by atoms with Crippen LogP contribution in [-0.4, -0.2) is 27.4 Å². The highest BCUT2D eigenvalue weighted by molar-refractivity contribution is 6.27. The molecular weight excluding hydrogens is 220 g/mol. The molecule has 4 heteroatoms. The molecule has 1 aliphatic rings. The Bertz CT molecular complexity index is 513. The molecule has 1 aliphatic carbocycles. The fourth-order valence-electron chi connectivity index (χ4n) is 1.90. The van der Waals surface area contributed by atoms with Crippen molar-refractivity contribution in [3.8, 4) is 5.75 Å². The minimum Gasteiger partial charge on any atom is -0.508 e. The molecule has 2 N–H and O–H groups in total. The van der Waals surface area contributed by atoms with Gasteiger partial charge in [-0.25, -0.2) is 0 Å². The summed E-state index contributed by atoms with van der Waals surface area (Å²) in [6.45, 7) is 1.51. The molecule has 2 rings (SSSR count). The Hall–Kier alpha value is -1.94. The molecule has 17 heavy (non-hydrogen) atoms. The van der Waals surface area contributed by atoms with Gasteiger partial charge in [0, 0.05) is 6.42 Å². The van der Waals surface area contributed by atoms with Crippen LogP contribution in [0.5, 0.6) is 5.75 Å². The van der Waals surface area contributed by atoms with Gasteiger partial charge in [0.1, 0.15) is 5.75 Å². The summed E-state index contributed by atoms with van der Waals surface area (Å²) in [5, 5.41) is 19.2. The van der Waals surface area contributed by atoms with Crippen molar-refractivity contribution in [1.82, 2.24) is 0 Å². The fourth-order valence-corrected chi connectivity index (χ4v) is 1.90. The van der Waals surface area contributed by atoms with Gasteiger partial charge in [-0.2, -0.15) is 0 Å². The zero-order valence-corrected chi connectivity index (χ0v) is 9.30. The lowest BCUT2D eigenvalue weighted by Crippen LogP contribution is -2.44. The first-order valence-corrected chi connectivity index (χ1v) is 5.21. The zero-order valence-electron chi connectivity index (χ0n) is 9.30. The maximum Gasteiger partial charge on any atom is 0.198 e. The van der Waals surface area contributed by atoms with Crippen molar-refractivity contribution < 1.29 is 19.8 Å². The molecule has 0 aliphatic heterocycles. The van der Waals surface area contributed by atoms with E-state index in [4.69, 9.17) is 5.11 Å². The number of aliphatic hydroxyl groups is 1. The molecule has 0 radical (unpaired) electrons. The highest BCUT2D eigenvalue weighted by atomic mass is 16.3. The SMILES string of the molecule is CC1=CC(=O)[C@@](O)(Cc2ccc(O)cc2)C1=O. The molecule has 1 aromatic carbocycles. The number of phenols is 1. The van der Waals surface area contributed by atoms with Gasteiger partial charge in [-0.15, -0.1) is 0 Å². The Morgan fingerprint density at radius 1 is 1.18 bits per heavy atom. The van der Waals surface area contributed by atoms with Crippen molar-refractivity contribution in [2.24, 2.45) is 0 Å². The van der Waals surface area contributed by atoms with Crippen molar-refractivity contribution in [2.45, 2.75) is 18.9 Å². The van der Waals surface area contributed by atoms with Gasteiger partial charge in [0.2, 0.25) is 0 Å². The number of rotatable bonds is 2. The summed E-state index contributed by atoms with van der Waals surface area (Å²) in [6, 6.07) is 6.04. The molecule has 0 saturated carbocycles. The van der Waals surface area contributed by atoms with Crippen LogP contribution in [0, 0.1) is 0 Å². The zero-order chi connectivity index (χ0) is 12.6. The summed E-state index contributed by atoms with van der Waals surface area (Å²) in [6.07, 6.45) is 1.10. The van der Waals surface area contributed by atoms with Crippen LogP contribution in [-0.2, 0) is 16.0 Å². The van der Waals surface area contributed by atoms with Crippen LogP contribution in [0.15, 0.2) is 35.9 Å². The summed E-state index contributed by atoms with van der Waals surface area (Å²) in [7, 11) is 0. The van der Waals surface area contributed by atoms with Crippen LogP contribution < -0.4 is 0 Å². The van der Waals surface area contributed by atoms with Crippen molar-refractivity contribution in [2.75, 3.05) is 0 Å². The van der Waals surface area contributed by atoms with Crippen LogP contribution in [0.25, 0.3) is 0 Å². The van der Waals surface area contributed by atoms with Gasteiger partial charge >= 0.3 is 0 Å². The number of ketones is 2. The molecule has 0 saturated heterocycles. The molecule has 1 aromatic rings. The summed E-state index contributed by atoms with van der Waals surface area (Å²) in [5.74, 6) is -1.03. The highest BCUT2D eigenvalue weighted by Crippen LogP contribution is 2.26. The maximum absolute atomic E-state index is 11.7. The summed E-state index contributed by atoms with van der Waals surface area (Å²) < 4.78 is 0. The van der Waals surface area contributed by atoms with Crippen molar-refractivity contribution >= 4 is 11.6 Å². The average molecular weight is 232 g/mol. The first-order valence-electron chi connectivity index (χ1n) is 5.21. The van der Waals surface area contributed by atoms with Gasteiger partial charge in [0.25, 0.3) is 0 Å². The van der Waals surface area contributed by atoms with E-state index in [9.17, 15) is 14.7 Å². The Balaban J connectivity index is 2.27. The van der Waals surface area contributed by atoms with Crippen molar-refractivity contribution in [3.63, 3.8) is 0 Å². The van der Waals surface area contributed by atoms with Crippen LogP contribution in [0.4, 0.5) is 0 Å². The lowest BCUT2D eigenvalue weighted by Gasteiger charge is -2.19. The third kappa shape index (κ3) is 1.87. The van der Waals surface area contributed by atoms with Gasteiger partial charge in [0.05, 0.1) is 0 Å². The summed E-state index contributed by atoms with van der Waals surface area (Å²) in [4.78, 5) is 23.3. The van der Waals surface area contributed by atoms with Crippen molar-refractivity contribution in [1.29, 1.82) is 0 Å². The van der Waals surface area contributed by atoms with E-state index < -0.39 is 17.2 Å². The monoisotopic (exact) mass is 232 g/mol. The second-order valence-electron chi connectivity index (χ2n) is 4.22. The fraction of sp³-hybridized carbons (Fsp3) is 0.231. The van der Waals surface area contributed by atoms with E-state index in [2.05, 4.69) is 0 Å². The molecule has 0 amide bonds. The van der Waals surface area contributed by atoms with E-state index in [0.717, 1.165) is 0 Å². The Morgan fingerprint density at radius 3 is 2.24 bits per heavy atom. The molecular formula is C13H12O4. The van der Waals surface area contributed by atoms with E-state index >= 15 is 0 Å². The minimum absolute atomic E-state index is 0.0706. The predicted molar refractivity (Wildman–Crippen MR) is 60.5 cm³/mol. The van der Waals surface area contributed by atoms with Gasteiger partial charge < -0.3 is 10.2 Å². The number of carbonyl (C=O) groups excluding carboxylic acids is 2. The Kier molecular flexibility index (Phi) is 2.59. The molecule has 0 bridgehead atoms. The standard InChI is InChI=1S/C13H12O4/c1-8-6-11(15)13(17,12(8)16)7-9-2-4-10(14)5-3-9/h2-6,14,17H,7H2,1H3/t13-/m0/s1. The number of benzene rings is 1. The first-order chi connectivity index (χ1) is 7.93. The maximum atomic E-state index is 11.7. The van der Waals surface area contributed by atoms with E-state index in [-0.39, 0.29) is 17.7 Å². The lowest BCUT2D eigenvalue weighted by atomic mass is 9.89. The van der Waals surface area contributed by atoms with Gasteiger partial charge in [-0.1, -0.05) is 12.1 Å². The number of phenolic OH excluding ortho intramolecular Hbond substituents is 1. The smallest absolute Gasteiger partial charge is 0.198 e. The van der Waals surface area contributed by atoms with Crippen LogP contribution in [0.3, 0.4) is 0 Å². The normalized spacial score (nSPS) is 24.0. The predicted octanol–water partition coefficient (Wildman–Crippen LogP) is 0.764. The molecule has 88 valence electrons. The Morgan fingerprint density at radius 2 is 1.76 bits per heavy atom. The molecule has 0 aromatic heterocycles. The quantitative estimate of drug-likeness (QED) is 0.738. The molecule has 1 atom stereocenters. The molecule has 0 heterocycles. The number of aromatic hydroxyl groups is 1. The minimum atomic E-state index is -1.97. The second-order valence-corrected chi connectivity index (χ2v) is 4.22. The van der Waals surface area contributed by atoms with Gasteiger partial charge in [-0.3, -0.25) is 9.59 Å². The topological polar surface area (TPSA) is 74.6 Å². The lowest BCUT2D eigenvalue weighted by molar-refractivity contribution is -0.143. The molecule has 4 nitrogen and oxygen atoms in total. The largest absolute Gasteiger partial charge is 0.508 e. The average Bonchev–Trinajstić information content (AvgIpc) is 2.47. The summed E-state index contributed by atoms with van der Waals surface area (Å²) in [5.41, 5.74) is -1.08. The van der Waals surface area contributed by atoms with Gasteiger partial charge in [0.15, 0.2) is 17.2 Å². The summed E-state index contributed by atoms with van der Waals surface area (Å²) >= 11 is 0. The van der Waals surface area contributed by atoms with E-state index in [0.29, 0.717) is 5.56 Å². The molecule has 0 fully saturated rings. The Labute approximate surface area is 98.2 Å². The first kappa shape index (κ1) is 11.5. The van der Waals surface area contributed by atoms with Crippen LogP contribution in [0.1, 0.15) is 12.5 Å². The van der Waals surface area contributed by atoms with E-state index in [1.54, 1.807) is 12.1 Å². The van der Waals surface area contributed by atoms with Crippen LogP contribution >= 0.6 is 0 Å². The van der Waals surface area contributed by atoms with Gasteiger partial charge in [-0.05, 0) is 36.3 Å². The molecule has 0 unspecified atom stereocenters. The number of Topliss-reactive ketones (excluding diaryl/α,β-unsaturated/α-hetero) is 1. The number of hydrogen-bond donors (Lipinski definition) is 2.